The number of rotatable bonds is 3. The number of amides is 2. The highest BCUT2D eigenvalue weighted by molar-refractivity contribution is 6.33. The van der Waals surface area contributed by atoms with Gasteiger partial charge < -0.3 is 10.2 Å². The van der Waals surface area contributed by atoms with E-state index in [1.165, 1.54) is 0 Å². The Hall–Kier alpha value is -2.60. The Morgan fingerprint density at radius 3 is 2.85 bits per heavy atom. The smallest absolute Gasteiger partial charge is 0.321 e. The van der Waals surface area contributed by atoms with Crippen molar-refractivity contribution >= 4 is 29.1 Å². The van der Waals surface area contributed by atoms with Gasteiger partial charge in [0.05, 0.1) is 10.7 Å². The summed E-state index contributed by atoms with van der Waals surface area (Å²) < 4.78 is 1.90. The molecule has 1 saturated heterocycles. The molecule has 0 unspecified atom stereocenters. The summed E-state index contributed by atoms with van der Waals surface area (Å²) in [5.74, 6) is 0.625. The average Bonchev–Trinajstić information content (AvgIpc) is 3.32. The third kappa shape index (κ3) is 3.24. The van der Waals surface area contributed by atoms with Crippen LogP contribution in [-0.4, -0.2) is 38.4 Å². The number of aryl methyl sites for hydroxylation is 1. The van der Waals surface area contributed by atoms with Crippen molar-refractivity contribution in [3.05, 3.63) is 47.4 Å². The van der Waals surface area contributed by atoms with E-state index in [1.54, 1.807) is 6.07 Å². The van der Waals surface area contributed by atoms with Crippen molar-refractivity contribution in [2.24, 2.45) is 0 Å². The van der Waals surface area contributed by atoms with Gasteiger partial charge in [0.15, 0.2) is 0 Å². The maximum absolute atomic E-state index is 12.3. The van der Waals surface area contributed by atoms with Crippen molar-refractivity contribution in [3.8, 4) is 11.3 Å². The molecule has 4 rings (SSSR count). The van der Waals surface area contributed by atoms with Crippen LogP contribution >= 0.6 is 11.6 Å². The molecule has 2 amide bonds. The summed E-state index contributed by atoms with van der Waals surface area (Å²) in [4.78, 5) is 23.1. The Balaban J connectivity index is 1.64. The van der Waals surface area contributed by atoms with Crippen LogP contribution in [0.25, 0.3) is 17.0 Å². The zero-order valence-corrected chi connectivity index (χ0v) is 15.3. The van der Waals surface area contributed by atoms with E-state index in [1.807, 2.05) is 40.0 Å². The van der Waals surface area contributed by atoms with E-state index in [0.29, 0.717) is 16.5 Å². The molecule has 3 aromatic rings. The molecule has 7 heteroatoms. The van der Waals surface area contributed by atoms with Gasteiger partial charge in [-0.3, -0.25) is 4.40 Å². The Labute approximate surface area is 156 Å². The lowest BCUT2D eigenvalue weighted by molar-refractivity contribution is 0.222. The number of urea groups is 1. The molecule has 1 N–H and O–H groups in total. The quantitative estimate of drug-likeness (QED) is 0.751. The van der Waals surface area contributed by atoms with Crippen LogP contribution in [0, 0.1) is 0 Å². The van der Waals surface area contributed by atoms with Crippen LogP contribution in [0.1, 0.15) is 25.3 Å². The first kappa shape index (κ1) is 16.8. The van der Waals surface area contributed by atoms with Gasteiger partial charge in [0, 0.05) is 42.9 Å². The van der Waals surface area contributed by atoms with Gasteiger partial charge in [-0.1, -0.05) is 18.5 Å². The number of benzene rings is 1. The number of hydrogen-bond donors (Lipinski definition) is 1. The summed E-state index contributed by atoms with van der Waals surface area (Å²) in [7, 11) is 0. The van der Waals surface area contributed by atoms with Crippen LogP contribution in [0.15, 0.2) is 36.8 Å². The number of fused-ring (bicyclic) bond motifs is 1. The Morgan fingerprint density at radius 1 is 1.27 bits per heavy atom. The van der Waals surface area contributed by atoms with Crippen LogP contribution < -0.4 is 5.32 Å². The van der Waals surface area contributed by atoms with E-state index in [0.717, 1.165) is 49.2 Å². The lowest BCUT2D eigenvalue weighted by Crippen LogP contribution is -2.32. The predicted molar refractivity (Wildman–Crippen MR) is 103 cm³/mol. The molecule has 0 bridgehead atoms. The van der Waals surface area contributed by atoms with Gasteiger partial charge in [0.2, 0.25) is 5.78 Å². The topological polar surface area (TPSA) is 62.5 Å². The number of aromatic nitrogens is 3. The van der Waals surface area contributed by atoms with E-state index in [4.69, 9.17) is 11.6 Å². The minimum absolute atomic E-state index is 0.0694. The second-order valence-electron chi connectivity index (χ2n) is 6.47. The average molecular weight is 370 g/mol. The predicted octanol–water partition coefficient (Wildman–Crippen LogP) is 4.24. The van der Waals surface area contributed by atoms with E-state index in [2.05, 4.69) is 22.2 Å². The van der Waals surface area contributed by atoms with Gasteiger partial charge >= 0.3 is 6.03 Å². The highest BCUT2D eigenvalue weighted by atomic mass is 35.5. The van der Waals surface area contributed by atoms with Crippen LogP contribution in [0.3, 0.4) is 0 Å². The molecule has 1 fully saturated rings. The summed E-state index contributed by atoms with van der Waals surface area (Å²) in [5.41, 5.74) is 3.35. The first-order valence-corrected chi connectivity index (χ1v) is 9.21. The third-order valence-corrected chi connectivity index (χ3v) is 4.99. The van der Waals surface area contributed by atoms with E-state index < -0.39 is 0 Å². The number of carbonyl (C=O) groups is 1. The van der Waals surface area contributed by atoms with Crippen molar-refractivity contribution < 1.29 is 4.79 Å². The number of halogens is 1. The van der Waals surface area contributed by atoms with Crippen molar-refractivity contribution in [1.82, 2.24) is 19.3 Å². The molecule has 1 aromatic carbocycles. The third-order valence-electron chi connectivity index (χ3n) is 4.66. The zero-order valence-electron chi connectivity index (χ0n) is 14.6. The summed E-state index contributed by atoms with van der Waals surface area (Å²) in [6.45, 7) is 3.71. The van der Waals surface area contributed by atoms with Crippen molar-refractivity contribution in [2.45, 2.75) is 26.2 Å². The standard InChI is InChI=1S/C19H20ClN5O/c1-2-13-10-21-18-23-17(12-25(18)11-13)15-9-14(5-6-16(15)20)22-19(26)24-7-3-4-8-24/h5-6,9-12H,2-4,7-8H2,1H3,(H,22,26). The summed E-state index contributed by atoms with van der Waals surface area (Å²) in [6, 6.07) is 5.38. The number of carbonyl (C=O) groups excluding carboxylic acids is 1. The number of nitrogens with zero attached hydrogens (tertiary/aromatic N) is 4. The second kappa shape index (κ2) is 6.96. The van der Waals surface area contributed by atoms with Crippen LogP contribution in [0.4, 0.5) is 10.5 Å². The van der Waals surface area contributed by atoms with Gasteiger partial charge in [0.1, 0.15) is 0 Å². The number of imidazole rings is 1. The molecular formula is C19H20ClN5O. The van der Waals surface area contributed by atoms with Gasteiger partial charge in [-0.25, -0.2) is 14.8 Å². The molecule has 0 spiro atoms. The summed E-state index contributed by atoms with van der Waals surface area (Å²) >= 11 is 6.39. The van der Waals surface area contributed by atoms with Crippen molar-refractivity contribution in [2.75, 3.05) is 18.4 Å². The molecule has 0 radical (unpaired) electrons. The van der Waals surface area contributed by atoms with Gasteiger partial charge in [-0.15, -0.1) is 0 Å². The fourth-order valence-corrected chi connectivity index (χ4v) is 3.38. The molecule has 3 heterocycles. The van der Waals surface area contributed by atoms with E-state index in [-0.39, 0.29) is 6.03 Å². The van der Waals surface area contributed by atoms with Crippen LogP contribution in [-0.2, 0) is 6.42 Å². The first-order valence-electron chi connectivity index (χ1n) is 8.83. The number of nitrogens with one attached hydrogen (secondary N) is 1. The lowest BCUT2D eigenvalue weighted by atomic mass is 10.1. The van der Waals surface area contributed by atoms with Gasteiger partial charge in [0.25, 0.3) is 0 Å². The van der Waals surface area contributed by atoms with E-state index in [9.17, 15) is 4.79 Å². The molecule has 0 atom stereocenters. The van der Waals surface area contributed by atoms with Crippen LogP contribution in [0.2, 0.25) is 5.02 Å². The molecule has 2 aromatic heterocycles. The summed E-state index contributed by atoms with van der Waals surface area (Å²) in [5, 5.41) is 3.54. The maximum atomic E-state index is 12.3. The summed E-state index contributed by atoms with van der Waals surface area (Å²) in [6.07, 6.45) is 8.80. The molecule has 0 saturated carbocycles. The SMILES string of the molecule is CCc1cnc2nc(-c3cc(NC(=O)N4CCCC4)ccc3Cl)cn2c1. The van der Waals surface area contributed by atoms with Crippen LogP contribution in [0.5, 0.6) is 0 Å². The maximum Gasteiger partial charge on any atom is 0.321 e. The minimum Gasteiger partial charge on any atom is -0.325 e. The number of hydrogen-bond acceptors (Lipinski definition) is 3. The van der Waals surface area contributed by atoms with E-state index >= 15 is 0 Å². The molecule has 1 aliphatic rings. The second-order valence-corrected chi connectivity index (χ2v) is 6.88. The monoisotopic (exact) mass is 369 g/mol. The molecule has 1 aliphatic heterocycles. The molecular weight excluding hydrogens is 350 g/mol. The number of anilines is 1. The molecule has 6 nitrogen and oxygen atoms in total. The lowest BCUT2D eigenvalue weighted by Gasteiger charge is -2.16. The fraction of sp³-hybridized carbons (Fsp3) is 0.316. The fourth-order valence-electron chi connectivity index (χ4n) is 3.16. The Bertz CT molecular complexity index is 962. The number of likely N-dealkylation sites (tertiary alicyclic amines) is 1. The van der Waals surface area contributed by atoms with Crippen molar-refractivity contribution in [1.29, 1.82) is 0 Å². The Kier molecular flexibility index (Phi) is 4.51. The normalized spacial score (nSPS) is 14.2. The molecule has 134 valence electrons. The largest absolute Gasteiger partial charge is 0.325 e. The van der Waals surface area contributed by atoms with Gasteiger partial charge in [-0.2, -0.15) is 0 Å². The van der Waals surface area contributed by atoms with Crippen molar-refractivity contribution in [3.63, 3.8) is 0 Å². The Morgan fingerprint density at radius 2 is 2.08 bits per heavy atom. The highest BCUT2D eigenvalue weighted by Gasteiger charge is 2.18. The first-order chi connectivity index (χ1) is 12.6. The highest BCUT2D eigenvalue weighted by Crippen LogP contribution is 2.30. The van der Waals surface area contributed by atoms with Gasteiger partial charge in [-0.05, 0) is 43.0 Å². The minimum atomic E-state index is -0.0694. The molecule has 0 aliphatic carbocycles. The molecule has 26 heavy (non-hydrogen) atoms. The zero-order chi connectivity index (χ0) is 18.1.